The van der Waals surface area contributed by atoms with E-state index in [2.05, 4.69) is 17.1 Å². The molecule has 3 rings (SSSR count). The van der Waals surface area contributed by atoms with Crippen LogP contribution in [0, 0.1) is 0 Å². The highest BCUT2D eigenvalue weighted by Gasteiger charge is 2.23. The average molecular weight is 255 g/mol. The Balaban J connectivity index is 2.48. The van der Waals surface area contributed by atoms with Crippen LogP contribution in [0.5, 0.6) is 0 Å². The number of anilines is 1. The molecule has 19 heavy (non-hydrogen) atoms. The monoisotopic (exact) mass is 255 g/mol. The maximum atomic E-state index is 10.1. The Morgan fingerprint density at radius 2 is 1.89 bits per heavy atom. The number of fused-ring (bicyclic) bond motifs is 3. The molecule has 98 valence electrons. The number of nitrogens with two attached hydrogens (primary N) is 1. The van der Waals surface area contributed by atoms with Crippen molar-refractivity contribution in [2.45, 2.75) is 19.4 Å². The molecule has 0 unspecified atom stereocenters. The first-order valence-corrected chi connectivity index (χ1v) is 6.26. The van der Waals surface area contributed by atoms with Gasteiger partial charge in [0.1, 0.15) is 11.2 Å². The molecule has 1 aromatic carbocycles. The largest absolute Gasteiger partial charge is 0.397 e. The first-order valence-electron chi connectivity index (χ1n) is 6.26. The molecule has 0 atom stereocenters. The number of hydrogen-bond donors (Lipinski definition) is 2. The zero-order chi connectivity index (χ0) is 13.8. The van der Waals surface area contributed by atoms with Gasteiger partial charge in [-0.1, -0.05) is 18.2 Å². The molecule has 0 bridgehead atoms. The van der Waals surface area contributed by atoms with Gasteiger partial charge in [0.05, 0.1) is 16.9 Å². The summed E-state index contributed by atoms with van der Waals surface area (Å²) in [5.41, 5.74) is 7.99. The summed E-state index contributed by atoms with van der Waals surface area (Å²) in [6.45, 7) is 3.39. The molecule has 0 amide bonds. The minimum absolute atomic E-state index is 0.519. The summed E-state index contributed by atoms with van der Waals surface area (Å²) in [4.78, 5) is 4.57. The van der Waals surface area contributed by atoms with Gasteiger partial charge in [0.15, 0.2) is 0 Å². The van der Waals surface area contributed by atoms with E-state index in [9.17, 15) is 5.11 Å². The SMILES string of the molecule is Cn1c2ccccc2c2cc(N)c(C(C)(C)O)nc21. The molecule has 0 spiro atoms. The molecule has 0 saturated carbocycles. The fourth-order valence-electron chi connectivity index (χ4n) is 2.57. The van der Waals surface area contributed by atoms with E-state index in [-0.39, 0.29) is 0 Å². The van der Waals surface area contributed by atoms with Gasteiger partial charge in [0.2, 0.25) is 0 Å². The van der Waals surface area contributed by atoms with Gasteiger partial charge < -0.3 is 15.4 Å². The average Bonchev–Trinajstić information content (AvgIpc) is 2.61. The molecule has 2 heterocycles. The van der Waals surface area contributed by atoms with E-state index in [1.54, 1.807) is 13.8 Å². The number of aromatic nitrogens is 2. The van der Waals surface area contributed by atoms with Crippen LogP contribution in [0.3, 0.4) is 0 Å². The van der Waals surface area contributed by atoms with Crippen molar-refractivity contribution >= 4 is 27.6 Å². The highest BCUT2D eigenvalue weighted by Crippen LogP contribution is 2.32. The molecule has 3 aromatic rings. The van der Waals surface area contributed by atoms with Crippen LogP contribution in [0.25, 0.3) is 21.9 Å². The Morgan fingerprint density at radius 1 is 1.21 bits per heavy atom. The summed E-state index contributed by atoms with van der Waals surface area (Å²) < 4.78 is 2.03. The van der Waals surface area contributed by atoms with E-state index in [0.717, 1.165) is 21.9 Å². The highest BCUT2D eigenvalue weighted by molar-refractivity contribution is 6.07. The second kappa shape index (κ2) is 3.71. The van der Waals surface area contributed by atoms with Gasteiger partial charge >= 0.3 is 0 Å². The highest BCUT2D eigenvalue weighted by atomic mass is 16.3. The van der Waals surface area contributed by atoms with Crippen LogP contribution in [-0.4, -0.2) is 14.7 Å². The molecular formula is C15H17N3O. The van der Waals surface area contributed by atoms with E-state index >= 15 is 0 Å². The van der Waals surface area contributed by atoms with Crippen molar-refractivity contribution < 1.29 is 5.11 Å². The standard InChI is InChI=1S/C15H17N3O/c1-15(2,19)13-11(16)8-10-9-6-4-5-7-12(9)18(3)14(10)17-13/h4-8,19H,16H2,1-3H3. The lowest BCUT2D eigenvalue weighted by atomic mass is 10.0. The fourth-order valence-corrected chi connectivity index (χ4v) is 2.57. The van der Waals surface area contributed by atoms with Crippen molar-refractivity contribution in [3.05, 3.63) is 36.0 Å². The third-order valence-corrected chi connectivity index (χ3v) is 3.48. The van der Waals surface area contributed by atoms with E-state index in [4.69, 9.17) is 5.73 Å². The second-order valence-electron chi connectivity index (χ2n) is 5.43. The molecule has 0 radical (unpaired) electrons. The van der Waals surface area contributed by atoms with Gasteiger partial charge in [0.25, 0.3) is 0 Å². The van der Waals surface area contributed by atoms with Gasteiger partial charge in [-0.15, -0.1) is 0 Å². The molecule has 4 nitrogen and oxygen atoms in total. The number of benzene rings is 1. The van der Waals surface area contributed by atoms with Crippen LogP contribution in [0.15, 0.2) is 30.3 Å². The molecule has 2 aromatic heterocycles. The van der Waals surface area contributed by atoms with Gasteiger partial charge in [-0.2, -0.15) is 0 Å². The minimum Gasteiger partial charge on any atom is -0.397 e. The summed E-state index contributed by atoms with van der Waals surface area (Å²) in [5.74, 6) is 0. The van der Waals surface area contributed by atoms with Crippen molar-refractivity contribution in [2.24, 2.45) is 7.05 Å². The second-order valence-corrected chi connectivity index (χ2v) is 5.43. The maximum Gasteiger partial charge on any atom is 0.141 e. The summed E-state index contributed by atoms with van der Waals surface area (Å²) in [7, 11) is 1.97. The molecule has 3 N–H and O–H groups in total. The van der Waals surface area contributed by atoms with Gasteiger partial charge in [0, 0.05) is 17.8 Å². The zero-order valence-electron chi connectivity index (χ0n) is 11.3. The van der Waals surface area contributed by atoms with E-state index < -0.39 is 5.60 Å². The molecule has 0 aliphatic heterocycles. The molecular weight excluding hydrogens is 238 g/mol. The van der Waals surface area contributed by atoms with Crippen molar-refractivity contribution in [2.75, 3.05) is 5.73 Å². The lowest BCUT2D eigenvalue weighted by Gasteiger charge is -2.18. The predicted molar refractivity (Wildman–Crippen MR) is 77.9 cm³/mol. The van der Waals surface area contributed by atoms with Crippen LogP contribution < -0.4 is 5.73 Å². The van der Waals surface area contributed by atoms with Crippen LogP contribution in [0.4, 0.5) is 5.69 Å². The number of pyridine rings is 1. The number of rotatable bonds is 1. The summed E-state index contributed by atoms with van der Waals surface area (Å²) in [6, 6.07) is 10.0. The zero-order valence-corrected chi connectivity index (χ0v) is 11.3. The smallest absolute Gasteiger partial charge is 0.141 e. The predicted octanol–water partition coefficient (Wildman–Crippen LogP) is 2.54. The Morgan fingerprint density at radius 3 is 2.58 bits per heavy atom. The maximum absolute atomic E-state index is 10.1. The summed E-state index contributed by atoms with van der Waals surface area (Å²) >= 11 is 0. The first kappa shape index (κ1) is 12.0. The van der Waals surface area contributed by atoms with Crippen molar-refractivity contribution in [1.82, 2.24) is 9.55 Å². The number of hydrogen-bond acceptors (Lipinski definition) is 3. The third kappa shape index (κ3) is 1.68. The van der Waals surface area contributed by atoms with Crippen LogP contribution in [0.1, 0.15) is 19.5 Å². The number of aliphatic hydroxyl groups is 1. The van der Waals surface area contributed by atoms with Crippen LogP contribution >= 0.6 is 0 Å². The van der Waals surface area contributed by atoms with Crippen molar-refractivity contribution in [3.63, 3.8) is 0 Å². The molecule has 0 saturated heterocycles. The van der Waals surface area contributed by atoms with Crippen molar-refractivity contribution in [3.8, 4) is 0 Å². The van der Waals surface area contributed by atoms with Gasteiger partial charge in [-0.3, -0.25) is 0 Å². The lowest BCUT2D eigenvalue weighted by molar-refractivity contribution is 0.0750. The number of nitrogen functional groups attached to an aromatic ring is 1. The quantitative estimate of drug-likeness (QED) is 0.702. The van der Waals surface area contributed by atoms with Gasteiger partial charge in [-0.25, -0.2) is 4.98 Å². The van der Waals surface area contributed by atoms with Crippen LogP contribution in [-0.2, 0) is 12.6 Å². The number of aryl methyl sites for hydroxylation is 1. The number of nitrogens with zero attached hydrogens (tertiary/aromatic N) is 2. The van der Waals surface area contributed by atoms with E-state index in [1.165, 1.54) is 0 Å². The molecule has 0 aliphatic carbocycles. The molecule has 0 aliphatic rings. The Bertz CT molecular complexity index is 781. The Hall–Kier alpha value is -2.07. The summed E-state index contributed by atoms with van der Waals surface area (Å²) in [5, 5.41) is 12.3. The summed E-state index contributed by atoms with van der Waals surface area (Å²) in [6.07, 6.45) is 0. The lowest BCUT2D eigenvalue weighted by Crippen LogP contribution is -2.20. The Kier molecular flexibility index (Phi) is 2.34. The van der Waals surface area contributed by atoms with Gasteiger partial charge in [-0.05, 0) is 26.0 Å². The van der Waals surface area contributed by atoms with Crippen LogP contribution in [0.2, 0.25) is 0 Å². The molecule has 0 fully saturated rings. The van der Waals surface area contributed by atoms with Crippen molar-refractivity contribution in [1.29, 1.82) is 0 Å². The van der Waals surface area contributed by atoms with E-state index in [1.807, 2.05) is 29.8 Å². The first-order chi connectivity index (χ1) is 8.89. The molecule has 4 heteroatoms. The minimum atomic E-state index is -1.05. The Labute approximate surface area is 111 Å². The normalized spacial score (nSPS) is 12.4. The fraction of sp³-hybridized carbons (Fsp3) is 0.267. The van der Waals surface area contributed by atoms with E-state index in [0.29, 0.717) is 11.4 Å². The number of para-hydroxylation sites is 1. The topological polar surface area (TPSA) is 64.1 Å². The third-order valence-electron chi connectivity index (χ3n) is 3.48.